The molecule has 4 nitrogen and oxygen atoms in total. The lowest BCUT2D eigenvalue weighted by atomic mass is 9.96. The average Bonchev–Trinajstić information content (AvgIpc) is 2.67. The zero-order chi connectivity index (χ0) is 18.8. The monoisotopic (exact) mass is 385 g/mol. The molecular formula is C21H21ClFN3O. The number of hydrogen-bond donors (Lipinski definition) is 0. The second-order valence-electron chi connectivity index (χ2n) is 7.17. The number of fused-ring (bicyclic) bond motifs is 1. The number of piperidine rings is 1. The maximum absolute atomic E-state index is 13.3. The summed E-state index contributed by atoms with van der Waals surface area (Å²) in [5.41, 5.74) is 1.46. The summed E-state index contributed by atoms with van der Waals surface area (Å²) < 4.78 is 15.0. The Hall–Kier alpha value is -2.24. The highest BCUT2D eigenvalue weighted by atomic mass is 35.5. The van der Waals surface area contributed by atoms with Crippen LogP contribution in [0.1, 0.15) is 18.4 Å². The molecule has 1 aliphatic heterocycles. The third-order valence-corrected chi connectivity index (χ3v) is 5.67. The van der Waals surface area contributed by atoms with Gasteiger partial charge in [-0.25, -0.2) is 9.37 Å². The van der Waals surface area contributed by atoms with E-state index in [9.17, 15) is 9.18 Å². The quantitative estimate of drug-likeness (QED) is 0.678. The molecule has 140 valence electrons. The van der Waals surface area contributed by atoms with E-state index in [1.54, 1.807) is 10.9 Å². The molecule has 6 heteroatoms. The first-order chi connectivity index (χ1) is 13.1. The minimum Gasteiger partial charge on any atom is -0.299 e. The number of hydrogen-bond acceptors (Lipinski definition) is 3. The van der Waals surface area contributed by atoms with Gasteiger partial charge in [0.1, 0.15) is 5.82 Å². The maximum Gasteiger partial charge on any atom is 0.261 e. The highest BCUT2D eigenvalue weighted by Crippen LogP contribution is 2.23. The molecule has 0 amide bonds. The maximum atomic E-state index is 13.3. The molecule has 0 N–H and O–H groups in total. The van der Waals surface area contributed by atoms with Crippen molar-refractivity contribution in [2.24, 2.45) is 5.92 Å². The van der Waals surface area contributed by atoms with Crippen LogP contribution in [0.15, 0.2) is 53.6 Å². The molecule has 0 spiro atoms. The van der Waals surface area contributed by atoms with Crippen LogP contribution in [-0.4, -0.2) is 27.5 Å². The largest absolute Gasteiger partial charge is 0.299 e. The first-order valence-corrected chi connectivity index (χ1v) is 9.58. The van der Waals surface area contributed by atoms with Crippen LogP contribution in [0.5, 0.6) is 0 Å². The summed E-state index contributed by atoms with van der Waals surface area (Å²) in [6.07, 6.45) is 3.59. The smallest absolute Gasteiger partial charge is 0.261 e. The van der Waals surface area contributed by atoms with Gasteiger partial charge in [-0.15, -0.1) is 0 Å². The van der Waals surface area contributed by atoms with E-state index in [0.717, 1.165) is 43.1 Å². The molecule has 1 saturated heterocycles. The summed E-state index contributed by atoms with van der Waals surface area (Å²) >= 11 is 6.26. The van der Waals surface area contributed by atoms with Crippen molar-refractivity contribution in [1.82, 2.24) is 14.5 Å². The van der Waals surface area contributed by atoms with Gasteiger partial charge in [-0.2, -0.15) is 0 Å². The SMILES string of the molecule is O=c1c2ccc(F)cc2ncn1CC1CCN(Cc2ccccc2Cl)CC1. The Morgan fingerprint density at radius 3 is 2.70 bits per heavy atom. The Bertz CT molecular complexity index is 1010. The number of nitrogens with zero attached hydrogens (tertiary/aromatic N) is 3. The summed E-state index contributed by atoms with van der Waals surface area (Å²) in [4.78, 5) is 19.3. The van der Waals surface area contributed by atoms with Crippen LogP contribution >= 0.6 is 11.6 Å². The van der Waals surface area contributed by atoms with Gasteiger partial charge < -0.3 is 0 Å². The molecule has 1 fully saturated rings. The van der Waals surface area contributed by atoms with Crippen LogP contribution in [-0.2, 0) is 13.1 Å². The molecule has 0 radical (unpaired) electrons. The van der Waals surface area contributed by atoms with Gasteiger partial charge in [-0.3, -0.25) is 14.3 Å². The summed E-state index contributed by atoms with van der Waals surface area (Å²) in [6.45, 7) is 3.47. The van der Waals surface area contributed by atoms with Gasteiger partial charge in [0.15, 0.2) is 0 Å². The lowest BCUT2D eigenvalue weighted by Crippen LogP contribution is -2.36. The zero-order valence-corrected chi connectivity index (χ0v) is 15.7. The van der Waals surface area contributed by atoms with Crippen LogP contribution in [0.25, 0.3) is 10.9 Å². The summed E-state index contributed by atoms with van der Waals surface area (Å²) in [6, 6.07) is 12.1. The molecule has 0 aliphatic carbocycles. The predicted molar refractivity (Wildman–Crippen MR) is 105 cm³/mol. The third-order valence-electron chi connectivity index (χ3n) is 5.30. The normalized spacial score (nSPS) is 16.1. The second kappa shape index (κ2) is 7.79. The third kappa shape index (κ3) is 4.04. The molecule has 3 aromatic rings. The molecule has 1 aromatic heterocycles. The molecule has 4 rings (SSSR count). The van der Waals surface area contributed by atoms with E-state index in [0.29, 0.717) is 23.4 Å². The number of benzene rings is 2. The fraction of sp³-hybridized carbons (Fsp3) is 0.333. The Labute approximate surface area is 162 Å². The first-order valence-electron chi connectivity index (χ1n) is 9.20. The standard InChI is InChI=1S/C21H21ClFN3O/c22-19-4-2-1-3-16(19)13-25-9-7-15(8-10-25)12-26-14-24-20-11-17(23)5-6-18(20)21(26)27/h1-6,11,14-15H,7-10,12-13H2. The van der Waals surface area contributed by atoms with Crippen LogP contribution in [0.4, 0.5) is 4.39 Å². The van der Waals surface area contributed by atoms with Gasteiger partial charge in [0.05, 0.1) is 17.2 Å². The van der Waals surface area contributed by atoms with Gasteiger partial charge in [0.25, 0.3) is 5.56 Å². The van der Waals surface area contributed by atoms with E-state index in [-0.39, 0.29) is 11.4 Å². The van der Waals surface area contributed by atoms with Crippen molar-refractivity contribution in [2.45, 2.75) is 25.9 Å². The number of halogens is 2. The van der Waals surface area contributed by atoms with E-state index >= 15 is 0 Å². The van der Waals surface area contributed by atoms with Crippen molar-refractivity contribution in [3.8, 4) is 0 Å². The fourth-order valence-electron chi connectivity index (χ4n) is 3.73. The van der Waals surface area contributed by atoms with Crippen LogP contribution < -0.4 is 5.56 Å². The van der Waals surface area contributed by atoms with Gasteiger partial charge >= 0.3 is 0 Å². The molecule has 0 bridgehead atoms. The molecular weight excluding hydrogens is 365 g/mol. The van der Waals surface area contributed by atoms with Crippen molar-refractivity contribution in [3.05, 3.63) is 75.5 Å². The molecule has 0 saturated carbocycles. The number of aromatic nitrogens is 2. The van der Waals surface area contributed by atoms with Crippen molar-refractivity contribution < 1.29 is 4.39 Å². The van der Waals surface area contributed by atoms with Gasteiger partial charge in [-0.1, -0.05) is 29.8 Å². The van der Waals surface area contributed by atoms with Crippen molar-refractivity contribution >= 4 is 22.5 Å². The van der Waals surface area contributed by atoms with E-state index in [1.165, 1.54) is 18.2 Å². The van der Waals surface area contributed by atoms with Gasteiger partial charge in [0.2, 0.25) is 0 Å². The molecule has 0 unspecified atom stereocenters. The second-order valence-corrected chi connectivity index (χ2v) is 7.58. The topological polar surface area (TPSA) is 38.1 Å². The van der Waals surface area contributed by atoms with E-state index in [2.05, 4.69) is 16.0 Å². The van der Waals surface area contributed by atoms with Crippen LogP contribution in [0.2, 0.25) is 5.02 Å². The minimum atomic E-state index is -0.377. The molecule has 1 aliphatic rings. The highest BCUT2D eigenvalue weighted by molar-refractivity contribution is 6.31. The van der Waals surface area contributed by atoms with E-state index in [4.69, 9.17) is 11.6 Å². The number of likely N-dealkylation sites (tertiary alicyclic amines) is 1. The molecule has 27 heavy (non-hydrogen) atoms. The Balaban J connectivity index is 1.40. The lowest BCUT2D eigenvalue weighted by Gasteiger charge is -2.32. The fourth-order valence-corrected chi connectivity index (χ4v) is 3.93. The molecule has 2 heterocycles. The van der Waals surface area contributed by atoms with E-state index in [1.807, 2.05) is 18.2 Å². The van der Waals surface area contributed by atoms with Gasteiger partial charge in [0, 0.05) is 24.2 Å². The summed E-state index contributed by atoms with van der Waals surface area (Å²) in [5, 5.41) is 1.28. The molecule has 2 aromatic carbocycles. The first kappa shape index (κ1) is 18.1. The van der Waals surface area contributed by atoms with Crippen molar-refractivity contribution in [1.29, 1.82) is 0 Å². The van der Waals surface area contributed by atoms with Crippen molar-refractivity contribution in [2.75, 3.05) is 13.1 Å². The molecule has 0 atom stereocenters. The number of rotatable bonds is 4. The van der Waals surface area contributed by atoms with Crippen LogP contribution in [0, 0.1) is 11.7 Å². The van der Waals surface area contributed by atoms with E-state index < -0.39 is 0 Å². The Morgan fingerprint density at radius 1 is 1.15 bits per heavy atom. The zero-order valence-electron chi connectivity index (χ0n) is 14.9. The van der Waals surface area contributed by atoms with Crippen LogP contribution in [0.3, 0.4) is 0 Å². The predicted octanol–water partition coefficient (Wildman–Crippen LogP) is 4.10. The Morgan fingerprint density at radius 2 is 1.93 bits per heavy atom. The van der Waals surface area contributed by atoms with Crippen molar-refractivity contribution in [3.63, 3.8) is 0 Å². The Kier molecular flexibility index (Phi) is 5.23. The minimum absolute atomic E-state index is 0.0986. The highest BCUT2D eigenvalue weighted by Gasteiger charge is 2.21. The summed E-state index contributed by atoms with van der Waals surface area (Å²) in [5.74, 6) is 0.0583. The van der Waals surface area contributed by atoms with Gasteiger partial charge in [-0.05, 0) is 55.6 Å². The summed E-state index contributed by atoms with van der Waals surface area (Å²) in [7, 11) is 0. The average molecular weight is 386 g/mol. The lowest BCUT2D eigenvalue weighted by molar-refractivity contribution is 0.166.